The Labute approximate surface area is 125 Å². The van der Waals surface area contributed by atoms with Crippen LogP contribution in [-0.4, -0.2) is 54.1 Å². The van der Waals surface area contributed by atoms with Crippen molar-refractivity contribution < 1.29 is 0 Å². The van der Waals surface area contributed by atoms with Crippen molar-refractivity contribution in [2.45, 2.75) is 71.4 Å². The van der Waals surface area contributed by atoms with Crippen molar-refractivity contribution in [3.8, 4) is 0 Å². The molecule has 118 valence electrons. The minimum Gasteiger partial charge on any atom is -0.329 e. The summed E-state index contributed by atoms with van der Waals surface area (Å²) in [6, 6.07) is 0.674. The number of nitrogens with zero attached hydrogens (tertiary/aromatic N) is 2. The van der Waals surface area contributed by atoms with Crippen LogP contribution in [-0.2, 0) is 0 Å². The van der Waals surface area contributed by atoms with Crippen molar-refractivity contribution in [1.82, 2.24) is 9.80 Å². The zero-order valence-electron chi connectivity index (χ0n) is 14.1. The molecule has 1 aliphatic carbocycles. The van der Waals surface area contributed by atoms with Crippen molar-refractivity contribution in [3.63, 3.8) is 0 Å². The van der Waals surface area contributed by atoms with Gasteiger partial charge in [0.25, 0.3) is 0 Å². The fourth-order valence-electron chi connectivity index (χ4n) is 4.26. The quantitative estimate of drug-likeness (QED) is 0.807. The molecule has 0 radical (unpaired) electrons. The van der Waals surface area contributed by atoms with Crippen LogP contribution in [0.15, 0.2) is 0 Å². The summed E-state index contributed by atoms with van der Waals surface area (Å²) < 4.78 is 0. The molecule has 1 aliphatic heterocycles. The van der Waals surface area contributed by atoms with Gasteiger partial charge in [0.05, 0.1) is 0 Å². The largest absolute Gasteiger partial charge is 0.329 e. The molecule has 2 atom stereocenters. The standard InChI is InChI=1S/C17H35N3/c1-5-19-11-12-20(13-15(19)2)17(14-18)8-6-7-16(3,4)9-10-17/h15H,5-14,18H2,1-4H3. The first kappa shape index (κ1) is 16.3. The summed E-state index contributed by atoms with van der Waals surface area (Å²) in [5.41, 5.74) is 7.07. The van der Waals surface area contributed by atoms with E-state index in [1.807, 2.05) is 0 Å². The SMILES string of the molecule is CCN1CCN(C2(CN)CCCC(C)(C)CC2)CC1C. The van der Waals surface area contributed by atoms with E-state index >= 15 is 0 Å². The van der Waals surface area contributed by atoms with Crippen molar-refractivity contribution in [3.05, 3.63) is 0 Å². The van der Waals surface area contributed by atoms with Gasteiger partial charge >= 0.3 is 0 Å². The van der Waals surface area contributed by atoms with Crippen LogP contribution in [0.2, 0.25) is 0 Å². The molecule has 1 saturated carbocycles. The second-order valence-electron chi connectivity index (χ2n) is 7.87. The van der Waals surface area contributed by atoms with Gasteiger partial charge in [0.2, 0.25) is 0 Å². The molecule has 3 nitrogen and oxygen atoms in total. The summed E-state index contributed by atoms with van der Waals surface area (Å²) in [5.74, 6) is 0. The van der Waals surface area contributed by atoms with E-state index in [1.165, 1.54) is 58.3 Å². The predicted molar refractivity (Wildman–Crippen MR) is 86.9 cm³/mol. The molecule has 0 bridgehead atoms. The van der Waals surface area contributed by atoms with Crippen molar-refractivity contribution in [1.29, 1.82) is 0 Å². The molecule has 0 amide bonds. The highest BCUT2D eigenvalue weighted by molar-refractivity contribution is 4.98. The van der Waals surface area contributed by atoms with Crippen molar-refractivity contribution in [2.75, 3.05) is 32.7 Å². The number of piperazine rings is 1. The molecular weight excluding hydrogens is 246 g/mol. The van der Waals surface area contributed by atoms with E-state index in [4.69, 9.17) is 5.73 Å². The first-order valence-electron chi connectivity index (χ1n) is 8.62. The number of hydrogen-bond donors (Lipinski definition) is 1. The number of nitrogens with two attached hydrogens (primary N) is 1. The Morgan fingerprint density at radius 2 is 1.85 bits per heavy atom. The molecule has 0 aromatic heterocycles. The van der Waals surface area contributed by atoms with Crippen LogP contribution in [0, 0.1) is 5.41 Å². The Hall–Kier alpha value is -0.120. The van der Waals surface area contributed by atoms with Gasteiger partial charge in [0, 0.05) is 37.8 Å². The van der Waals surface area contributed by atoms with Gasteiger partial charge in [-0.3, -0.25) is 9.80 Å². The summed E-state index contributed by atoms with van der Waals surface area (Å²) in [4.78, 5) is 5.34. The fraction of sp³-hybridized carbons (Fsp3) is 1.00. The fourth-order valence-corrected chi connectivity index (χ4v) is 4.26. The monoisotopic (exact) mass is 281 g/mol. The van der Waals surface area contributed by atoms with Gasteiger partial charge in [0.15, 0.2) is 0 Å². The van der Waals surface area contributed by atoms with E-state index in [-0.39, 0.29) is 5.54 Å². The van der Waals surface area contributed by atoms with Crippen LogP contribution in [0.4, 0.5) is 0 Å². The zero-order chi connectivity index (χ0) is 14.8. The molecule has 2 fully saturated rings. The Morgan fingerprint density at radius 1 is 1.10 bits per heavy atom. The molecule has 0 spiro atoms. The average molecular weight is 281 g/mol. The van der Waals surface area contributed by atoms with Gasteiger partial charge in [0.1, 0.15) is 0 Å². The van der Waals surface area contributed by atoms with Crippen LogP contribution < -0.4 is 5.73 Å². The molecule has 20 heavy (non-hydrogen) atoms. The molecule has 2 rings (SSSR count). The van der Waals surface area contributed by atoms with Crippen molar-refractivity contribution in [2.24, 2.45) is 11.1 Å². The smallest absolute Gasteiger partial charge is 0.0333 e. The highest BCUT2D eigenvalue weighted by Crippen LogP contribution is 2.40. The Kier molecular flexibility index (Phi) is 5.14. The topological polar surface area (TPSA) is 32.5 Å². The number of likely N-dealkylation sites (N-methyl/N-ethyl adjacent to an activating group) is 1. The average Bonchev–Trinajstić information content (AvgIpc) is 2.58. The van der Waals surface area contributed by atoms with Gasteiger partial charge in [-0.2, -0.15) is 0 Å². The van der Waals surface area contributed by atoms with Gasteiger partial charge in [-0.05, 0) is 44.6 Å². The second kappa shape index (κ2) is 6.33. The van der Waals surface area contributed by atoms with E-state index < -0.39 is 0 Å². The van der Waals surface area contributed by atoms with Crippen LogP contribution >= 0.6 is 0 Å². The van der Waals surface area contributed by atoms with Crippen molar-refractivity contribution >= 4 is 0 Å². The lowest BCUT2D eigenvalue weighted by Crippen LogP contribution is -2.62. The Morgan fingerprint density at radius 3 is 2.45 bits per heavy atom. The molecule has 2 unspecified atom stereocenters. The molecule has 1 heterocycles. The van der Waals surface area contributed by atoms with Gasteiger partial charge in [-0.15, -0.1) is 0 Å². The summed E-state index contributed by atoms with van der Waals surface area (Å²) >= 11 is 0. The first-order chi connectivity index (χ1) is 9.42. The van der Waals surface area contributed by atoms with E-state index in [1.54, 1.807) is 0 Å². The van der Waals surface area contributed by atoms with E-state index in [9.17, 15) is 0 Å². The second-order valence-corrected chi connectivity index (χ2v) is 7.87. The summed E-state index contributed by atoms with van der Waals surface area (Å²) in [7, 11) is 0. The van der Waals surface area contributed by atoms with Crippen LogP contribution in [0.5, 0.6) is 0 Å². The summed E-state index contributed by atoms with van der Waals surface area (Å²) in [5, 5.41) is 0. The van der Waals surface area contributed by atoms with Crippen LogP contribution in [0.3, 0.4) is 0 Å². The zero-order valence-corrected chi connectivity index (χ0v) is 14.1. The number of rotatable bonds is 3. The third-order valence-corrected chi connectivity index (χ3v) is 5.98. The highest BCUT2D eigenvalue weighted by atomic mass is 15.3. The Balaban J connectivity index is 2.07. The van der Waals surface area contributed by atoms with Gasteiger partial charge < -0.3 is 5.73 Å². The lowest BCUT2D eigenvalue weighted by atomic mass is 9.82. The lowest BCUT2D eigenvalue weighted by molar-refractivity contribution is 0.000809. The summed E-state index contributed by atoms with van der Waals surface area (Å²) in [6.45, 7) is 15.1. The normalized spacial score (nSPS) is 36.8. The lowest BCUT2D eigenvalue weighted by Gasteiger charge is -2.50. The maximum Gasteiger partial charge on any atom is 0.0333 e. The predicted octanol–water partition coefficient (Wildman–Crippen LogP) is 2.70. The minimum atomic E-state index is 0.280. The molecule has 0 aromatic rings. The van der Waals surface area contributed by atoms with E-state index in [0.29, 0.717) is 11.5 Å². The Bertz CT molecular complexity index is 315. The minimum absolute atomic E-state index is 0.280. The summed E-state index contributed by atoms with van der Waals surface area (Å²) in [6.07, 6.45) is 6.61. The molecular formula is C17H35N3. The van der Waals surface area contributed by atoms with Gasteiger partial charge in [-0.25, -0.2) is 0 Å². The highest BCUT2D eigenvalue weighted by Gasteiger charge is 2.41. The molecule has 3 heteroatoms. The molecule has 2 N–H and O–H groups in total. The molecule has 2 aliphatic rings. The van der Waals surface area contributed by atoms with Crippen LogP contribution in [0.25, 0.3) is 0 Å². The van der Waals surface area contributed by atoms with E-state index in [0.717, 1.165) is 6.54 Å². The number of hydrogen-bond acceptors (Lipinski definition) is 3. The third-order valence-electron chi connectivity index (χ3n) is 5.98. The maximum atomic E-state index is 6.28. The first-order valence-corrected chi connectivity index (χ1v) is 8.62. The maximum absolute atomic E-state index is 6.28. The third kappa shape index (κ3) is 3.37. The van der Waals surface area contributed by atoms with Crippen LogP contribution in [0.1, 0.15) is 59.8 Å². The molecule has 0 aromatic carbocycles. The van der Waals surface area contributed by atoms with Gasteiger partial charge in [-0.1, -0.05) is 27.2 Å². The molecule has 1 saturated heterocycles. The van der Waals surface area contributed by atoms with E-state index in [2.05, 4.69) is 37.5 Å².